The van der Waals surface area contributed by atoms with Crippen LogP contribution in [-0.4, -0.2) is 22.6 Å². The van der Waals surface area contributed by atoms with E-state index in [0.717, 1.165) is 22.5 Å². The number of pyridine rings is 1. The molecular formula is C16H16N4O2. The zero-order valence-electron chi connectivity index (χ0n) is 12.4. The highest BCUT2D eigenvalue weighted by atomic mass is 16.4. The lowest BCUT2D eigenvalue weighted by Crippen LogP contribution is -2.22. The molecule has 1 aromatic heterocycles. The predicted molar refractivity (Wildman–Crippen MR) is 82.1 cm³/mol. The molecule has 1 atom stereocenters. The number of carboxylic acids is 1. The zero-order valence-corrected chi connectivity index (χ0v) is 12.4. The molecule has 1 N–H and O–H groups in total. The van der Waals surface area contributed by atoms with Crippen LogP contribution in [0.25, 0.3) is 0 Å². The Kier molecular flexibility index (Phi) is 3.58. The average Bonchev–Trinajstić information content (AvgIpc) is 2.97. The Balaban J connectivity index is 2.04. The van der Waals surface area contributed by atoms with E-state index in [9.17, 15) is 9.90 Å². The number of carbonyl (C=O) groups is 1. The van der Waals surface area contributed by atoms with E-state index in [4.69, 9.17) is 0 Å². The van der Waals surface area contributed by atoms with E-state index in [0.29, 0.717) is 6.54 Å². The third kappa shape index (κ3) is 2.43. The third-order valence-corrected chi connectivity index (χ3v) is 3.82. The normalized spacial score (nSPS) is 17.0. The molecule has 6 nitrogen and oxygen atoms in total. The lowest BCUT2D eigenvalue weighted by molar-refractivity contribution is 0.0697. The van der Waals surface area contributed by atoms with Gasteiger partial charge in [0.15, 0.2) is 0 Å². The lowest BCUT2D eigenvalue weighted by Gasteiger charge is -2.24. The number of hydrogen-bond acceptors (Lipinski definition) is 5. The van der Waals surface area contributed by atoms with Crippen LogP contribution in [0.2, 0.25) is 0 Å². The number of aromatic carboxylic acids is 1. The number of nitrogens with zero attached hydrogens (tertiary/aromatic N) is 4. The molecular weight excluding hydrogens is 280 g/mol. The van der Waals surface area contributed by atoms with Gasteiger partial charge in [0.2, 0.25) is 0 Å². The molecule has 0 amide bonds. The number of aryl methyl sites for hydroxylation is 2. The number of anilines is 1. The summed E-state index contributed by atoms with van der Waals surface area (Å²) in [6, 6.07) is 8.86. The maximum absolute atomic E-state index is 11.2. The summed E-state index contributed by atoms with van der Waals surface area (Å²) in [6.07, 6.45) is 1.75. The summed E-state index contributed by atoms with van der Waals surface area (Å²) in [5.74, 6) is -0.952. The van der Waals surface area contributed by atoms with Gasteiger partial charge in [-0.05, 0) is 43.2 Å². The van der Waals surface area contributed by atoms with E-state index in [1.807, 2.05) is 26.0 Å². The van der Waals surface area contributed by atoms with Gasteiger partial charge in [-0.15, -0.1) is 0 Å². The van der Waals surface area contributed by atoms with Crippen molar-refractivity contribution in [2.75, 3.05) is 11.6 Å². The molecule has 2 aromatic rings. The van der Waals surface area contributed by atoms with E-state index >= 15 is 0 Å². The summed E-state index contributed by atoms with van der Waals surface area (Å²) in [7, 11) is 0. The Morgan fingerprint density at radius 2 is 2.14 bits per heavy atom. The van der Waals surface area contributed by atoms with Gasteiger partial charge in [0.1, 0.15) is 6.04 Å². The second-order valence-corrected chi connectivity index (χ2v) is 5.26. The molecule has 6 heteroatoms. The monoisotopic (exact) mass is 296 g/mol. The van der Waals surface area contributed by atoms with Crippen molar-refractivity contribution in [1.29, 1.82) is 0 Å². The van der Waals surface area contributed by atoms with E-state index < -0.39 is 5.97 Å². The van der Waals surface area contributed by atoms with Gasteiger partial charge < -0.3 is 5.11 Å². The topological polar surface area (TPSA) is 78.1 Å². The van der Waals surface area contributed by atoms with Crippen LogP contribution in [0, 0.1) is 13.8 Å². The zero-order chi connectivity index (χ0) is 15.7. The highest BCUT2D eigenvalue weighted by Gasteiger charge is 2.28. The Labute approximate surface area is 128 Å². The van der Waals surface area contributed by atoms with Crippen molar-refractivity contribution in [3.8, 4) is 0 Å². The predicted octanol–water partition coefficient (Wildman–Crippen LogP) is 3.33. The highest BCUT2D eigenvalue weighted by molar-refractivity contribution is 5.89. The molecule has 1 unspecified atom stereocenters. The van der Waals surface area contributed by atoms with Gasteiger partial charge in [0.25, 0.3) is 0 Å². The van der Waals surface area contributed by atoms with Gasteiger partial charge in [-0.25, -0.2) is 9.80 Å². The van der Waals surface area contributed by atoms with Gasteiger partial charge in [-0.3, -0.25) is 4.98 Å². The Morgan fingerprint density at radius 3 is 2.86 bits per heavy atom. The SMILES string of the molecule is Cc1ccc(C(=O)O)cc1N1N=NCC1c1cccnc1C. The van der Waals surface area contributed by atoms with E-state index in [1.54, 1.807) is 29.4 Å². The largest absolute Gasteiger partial charge is 0.478 e. The Bertz CT molecular complexity index is 758. The van der Waals surface area contributed by atoms with E-state index in [1.165, 1.54) is 0 Å². The van der Waals surface area contributed by atoms with Crippen LogP contribution in [0.15, 0.2) is 46.9 Å². The van der Waals surface area contributed by atoms with Gasteiger partial charge in [-0.1, -0.05) is 17.4 Å². The summed E-state index contributed by atoms with van der Waals surface area (Å²) >= 11 is 0. The first kappa shape index (κ1) is 14.2. The molecule has 0 spiro atoms. The van der Waals surface area contributed by atoms with Crippen molar-refractivity contribution in [3.05, 3.63) is 58.9 Å². The van der Waals surface area contributed by atoms with Crippen molar-refractivity contribution in [2.45, 2.75) is 19.9 Å². The van der Waals surface area contributed by atoms with Crippen molar-refractivity contribution in [2.24, 2.45) is 10.3 Å². The van der Waals surface area contributed by atoms with Crippen molar-refractivity contribution < 1.29 is 9.90 Å². The smallest absolute Gasteiger partial charge is 0.335 e. The minimum absolute atomic E-state index is 0.0588. The van der Waals surface area contributed by atoms with Crippen LogP contribution in [0.3, 0.4) is 0 Å². The second kappa shape index (κ2) is 5.55. The van der Waals surface area contributed by atoms with Gasteiger partial charge in [0, 0.05) is 11.9 Å². The quantitative estimate of drug-likeness (QED) is 0.942. The maximum atomic E-state index is 11.2. The summed E-state index contributed by atoms with van der Waals surface area (Å²) in [5.41, 5.74) is 3.93. The van der Waals surface area contributed by atoms with Crippen LogP contribution in [0.1, 0.15) is 33.2 Å². The molecule has 0 fully saturated rings. The molecule has 1 aliphatic rings. The minimum atomic E-state index is -0.952. The summed E-state index contributed by atoms with van der Waals surface area (Å²) in [5, 5.41) is 19.3. The van der Waals surface area contributed by atoms with Crippen molar-refractivity contribution >= 4 is 11.7 Å². The second-order valence-electron chi connectivity index (χ2n) is 5.26. The number of hydrogen-bond donors (Lipinski definition) is 1. The number of rotatable bonds is 3. The fourth-order valence-electron chi connectivity index (χ4n) is 2.61. The Morgan fingerprint density at radius 1 is 1.32 bits per heavy atom. The van der Waals surface area contributed by atoms with Crippen LogP contribution in [0.4, 0.5) is 5.69 Å². The molecule has 3 rings (SSSR count). The van der Waals surface area contributed by atoms with Gasteiger partial charge >= 0.3 is 5.97 Å². The molecule has 0 saturated carbocycles. The molecule has 0 aliphatic carbocycles. The molecule has 0 saturated heterocycles. The van der Waals surface area contributed by atoms with Crippen LogP contribution < -0.4 is 5.01 Å². The first-order valence-corrected chi connectivity index (χ1v) is 7.00. The molecule has 1 aromatic carbocycles. The Hall–Kier alpha value is -2.76. The van der Waals surface area contributed by atoms with Crippen molar-refractivity contribution in [1.82, 2.24) is 4.98 Å². The molecule has 0 bridgehead atoms. The summed E-state index contributed by atoms with van der Waals surface area (Å²) < 4.78 is 0. The number of benzene rings is 1. The number of aromatic nitrogens is 1. The van der Waals surface area contributed by atoms with Crippen LogP contribution in [0.5, 0.6) is 0 Å². The molecule has 22 heavy (non-hydrogen) atoms. The third-order valence-electron chi connectivity index (χ3n) is 3.82. The standard InChI is InChI=1S/C16H16N4O2/c1-10-5-6-12(16(21)22)8-14(10)20-15(9-18-19-20)13-4-3-7-17-11(13)2/h3-8,15H,9H2,1-2H3,(H,21,22). The summed E-state index contributed by atoms with van der Waals surface area (Å²) in [4.78, 5) is 15.5. The first-order chi connectivity index (χ1) is 10.6. The molecule has 0 radical (unpaired) electrons. The van der Waals surface area contributed by atoms with Gasteiger partial charge in [0.05, 0.1) is 17.8 Å². The highest BCUT2D eigenvalue weighted by Crippen LogP contribution is 2.35. The van der Waals surface area contributed by atoms with Crippen LogP contribution >= 0.6 is 0 Å². The lowest BCUT2D eigenvalue weighted by atomic mass is 10.0. The summed E-state index contributed by atoms with van der Waals surface area (Å²) in [6.45, 7) is 4.41. The van der Waals surface area contributed by atoms with Crippen molar-refractivity contribution in [3.63, 3.8) is 0 Å². The minimum Gasteiger partial charge on any atom is -0.478 e. The fraction of sp³-hybridized carbons (Fsp3) is 0.250. The fourth-order valence-corrected chi connectivity index (χ4v) is 2.61. The maximum Gasteiger partial charge on any atom is 0.335 e. The first-order valence-electron chi connectivity index (χ1n) is 7.00. The molecule has 112 valence electrons. The van der Waals surface area contributed by atoms with Gasteiger partial charge in [-0.2, -0.15) is 5.11 Å². The van der Waals surface area contributed by atoms with E-state index in [2.05, 4.69) is 15.3 Å². The number of carboxylic acid groups (broad SMARTS) is 1. The molecule has 2 heterocycles. The molecule has 1 aliphatic heterocycles. The average molecular weight is 296 g/mol. The van der Waals surface area contributed by atoms with Crippen LogP contribution in [-0.2, 0) is 0 Å². The van der Waals surface area contributed by atoms with E-state index in [-0.39, 0.29) is 11.6 Å².